The fourth-order valence-corrected chi connectivity index (χ4v) is 5.03. The van der Waals surface area contributed by atoms with Crippen LogP contribution in [0.1, 0.15) is 55.0 Å². The number of aliphatic hydroxyl groups excluding tert-OH is 1. The van der Waals surface area contributed by atoms with Crippen molar-refractivity contribution in [1.82, 2.24) is 24.3 Å². The lowest BCUT2D eigenvalue weighted by Crippen LogP contribution is -2.51. The van der Waals surface area contributed by atoms with Crippen LogP contribution >= 0.6 is 0 Å². The number of aromatic nitrogens is 3. The van der Waals surface area contributed by atoms with Crippen molar-refractivity contribution >= 4 is 17.7 Å². The van der Waals surface area contributed by atoms with Crippen LogP contribution in [0.5, 0.6) is 0 Å². The van der Waals surface area contributed by atoms with Gasteiger partial charge >= 0.3 is 6.09 Å². The largest absolute Gasteiger partial charge is 0.444 e. The average molecular weight is 488 g/mol. The summed E-state index contributed by atoms with van der Waals surface area (Å²) in [6.45, 7) is 8.82. The number of nitrogens with zero attached hydrogens (tertiary/aromatic N) is 5. The van der Waals surface area contributed by atoms with Gasteiger partial charge in [0.05, 0.1) is 11.7 Å². The van der Waals surface area contributed by atoms with Crippen LogP contribution in [0, 0.1) is 0 Å². The molecule has 1 aromatic carbocycles. The summed E-state index contributed by atoms with van der Waals surface area (Å²) in [5.41, 5.74) is 5.07. The van der Waals surface area contributed by atoms with Crippen molar-refractivity contribution in [3.63, 3.8) is 0 Å². The minimum atomic E-state index is -0.509. The van der Waals surface area contributed by atoms with Gasteiger partial charge in [-0.2, -0.15) is 0 Å². The maximum absolute atomic E-state index is 12.6. The number of carbonyl (C=O) groups is 1. The van der Waals surface area contributed by atoms with Crippen LogP contribution in [0.4, 0.5) is 4.79 Å². The van der Waals surface area contributed by atoms with Gasteiger partial charge < -0.3 is 19.3 Å². The number of allylic oxidation sites excluding steroid dienone is 1. The standard InChI is InChI=1S/C28H33N5O3/c1-28(2,3)36-27(35)32-15-13-31(14-16-32)26-23-9-5-4-8-22(23)21(17-20-7-6-10-30-25(20)26)18-33-12-11-29-24(33)19-34/h4-12,17,26,34H,13-16,18-19H2,1-3H3. The summed E-state index contributed by atoms with van der Waals surface area (Å²) in [7, 11) is 0. The summed E-state index contributed by atoms with van der Waals surface area (Å²) in [6, 6.07) is 12.5. The summed E-state index contributed by atoms with van der Waals surface area (Å²) in [4.78, 5) is 26.0. The normalized spacial score (nSPS) is 18.2. The van der Waals surface area contributed by atoms with Gasteiger partial charge in [-0.15, -0.1) is 0 Å². The summed E-state index contributed by atoms with van der Waals surface area (Å²) in [5.74, 6) is 0.638. The molecule has 5 rings (SSSR count). The molecule has 0 saturated carbocycles. The van der Waals surface area contributed by atoms with Gasteiger partial charge in [-0.3, -0.25) is 9.88 Å². The lowest BCUT2D eigenvalue weighted by Gasteiger charge is -2.40. The molecule has 8 nitrogen and oxygen atoms in total. The maximum atomic E-state index is 12.6. The third-order valence-corrected chi connectivity index (χ3v) is 6.68. The molecule has 8 heteroatoms. The van der Waals surface area contributed by atoms with Crippen molar-refractivity contribution in [3.05, 3.63) is 83.2 Å². The molecule has 1 amide bonds. The fraction of sp³-hybridized carbons (Fsp3) is 0.393. The fourth-order valence-electron chi connectivity index (χ4n) is 5.03. The maximum Gasteiger partial charge on any atom is 0.410 e. The average Bonchev–Trinajstić information content (AvgIpc) is 3.26. The second-order valence-corrected chi connectivity index (χ2v) is 10.3. The predicted molar refractivity (Wildman–Crippen MR) is 138 cm³/mol. The number of imidazole rings is 1. The van der Waals surface area contributed by atoms with Crippen molar-refractivity contribution < 1.29 is 14.6 Å². The number of hydrogen-bond donors (Lipinski definition) is 1. The highest BCUT2D eigenvalue weighted by Crippen LogP contribution is 2.40. The molecule has 36 heavy (non-hydrogen) atoms. The monoisotopic (exact) mass is 487 g/mol. The Balaban J connectivity index is 1.48. The Morgan fingerprint density at radius 1 is 1.06 bits per heavy atom. The molecule has 1 unspecified atom stereocenters. The second kappa shape index (κ2) is 9.87. The number of hydrogen-bond acceptors (Lipinski definition) is 6. The van der Waals surface area contributed by atoms with Crippen molar-refractivity contribution in [2.75, 3.05) is 26.2 Å². The molecule has 188 valence electrons. The summed E-state index contributed by atoms with van der Waals surface area (Å²) < 4.78 is 7.58. The third-order valence-electron chi connectivity index (χ3n) is 6.68. The van der Waals surface area contributed by atoms with Crippen LogP contribution in [0.25, 0.3) is 11.6 Å². The van der Waals surface area contributed by atoms with Gasteiger partial charge in [0.2, 0.25) is 0 Å². The first kappa shape index (κ1) is 24.2. The first-order valence-electron chi connectivity index (χ1n) is 12.4. The van der Waals surface area contributed by atoms with Gasteiger partial charge in [-0.05, 0) is 55.2 Å². The Labute approximate surface area is 211 Å². The van der Waals surface area contributed by atoms with Crippen LogP contribution < -0.4 is 0 Å². The first-order valence-corrected chi connectivity index (χ1v) is 12.4. The van der Waals surface area contributed by atoms with Crippen molar-refractivity contribution in [2.45, 2.75) is 45.6 Å². The van der Waals surface area contributed by atoms with Gasteiger partial charge in [0.1, 0.15) is 18.0 Å². The number of pyridine rings is 1. The molecule has 0 spiro atoms. The Hall–Kier alpha value is -3.49. The Morgan fingerprint density at radius 2 is 1.83 bits per heavy atom. The highest BCUT2D eigenvalue weighted by Gasteiger charge is 2.34. The number of piperazine rings is 1. The molecular formula is C28H33N5O3. The molecule has 1 atom stereocenters. The van der Waals surface area contributed by atoms with E-state index in [9.17, 15) is 9.90 Å². The number of rotatable bonds is 4. The van der Waals surface area contributed by atoms with E-state index in [1.807, 2.05) is 43.8 Å². The quantitative estimate of drug-likeness (QED) is 0.600. The zero-order chi connectivity index (χ0) is 25.3. The molecule has 3 aromatic rings. The minimum Gasteiger partial charge on any atom is -0.444 e. The van der Waals surface area contributed by atoms with Gasteiger partial charge in [0.25, 0.3) is 0 Å². The zero-order valence-electron chi connectivity index (χ0n) is 21.1. The van der Waals surface area contributed by atoms with E-state index < -0.39 is 5.60 Å². The molecule has 1 aliphatic heterocycles. The van der Waals surface area contributed by atoms with Gasteiger partial charge in [-0.1, -0.05) is 30.3 Å². The summed E-state index contributed by atoms with van der Waals surface area (Å²) >= 11 is 0. The Kier molecular flexibility index (Phi) is 6.64. The molecule has 3 heterocycles. The second-order valence-electron chi connectivity index (χ2n) is 10.3. The molecule has 2 aromatic heterocycles. The van der Waals surface area contributed by atoms with E-state index in [0.717, 1.165) is 35.5 Å². The topological polar surface area (TPSA) is 83.7 Å². The molecule has 1 fully saturated rings. The lowest BCUT2D eigenvalue weighted by molar-refractivity contribution is 0.0118. The molecule has 2 aliphatic rings. The molecule has 0 radical (unpaired) electrons. The van der Waals surface area contributed by atoms with Crippen LogP contribution in [0.15, 0.2) is 55.0 Å². The predicted octanol–water partition coefficient (Wildman–Crippen LogP) is 3.97. The molecular weight excluding hydrogens is 454 g/mol. The van der Waals surface area contributed by atoms with E-state index in [0.29, 0.717) is 25.5 Å². The Bertz CT molecular complexity index is 1270. The lowest BCUT2D eigenvalue weighted by atomic mass is 9.93. The Morgan fingerprint density at radius 3 is 2.58 bits per heavy atom. The van der Waals surface area contributed by atoms with E-state index in [1.165, 1.54) is 5.56 Å². The SMILES string of the molecule is CC(C)(C)OC(=O)N1CCN(C2c3ccccc3C(Cn3ccnc3CO)=Cc3cccnc32)CC1. The number of carbonyl (C=O) groups excluding carboxylic acids is 1. The van der Waals surface area contributed by atoms with E-state index >= 15 is 0 Å². The minimum absolute atomic E-state index is 0.0352. The van der Waals surface area contributed by atoms with E-state index in [2.05, 4.69) is 46.3 Å². The van der Waals surface area contributed by atoms with Gasteiger partial charge in [0, 0.05) is 51.3 Å². The zero-order valence-corrected chi connectivity index (χ0v) is 21.1. The van der Waals surface area contributed by atoms with Crippen molar-refractivity contribution in [3.8, 4) is 0 Å². The molecule has 0 bridgehead atoms. The first-order chi connectivity index (χ1) is 17.3. The summed E-state index contributed by atoms with van der Waals surface area (Å²) in [6.07, 6.45) is 7.42. The van der Waals surface area contributed by atoms with Crippen LogP contribution in [-0.2, 0) is 17.9 Å². The molecule has 1 saturated heterocycles. The molecule has 1 N–H and O–H groups in total. The molecule has 1 aliphatic carbocycles. The number of amides is 1. The number of aliphatic hydroxyl groups is 1. The van der Waals surface area contributed by atoms with Crippen LogP contribution in [0.3, 0.4) is 0 Å². The van der Waals surface area contributed by atoms with E-state index in [-0.39, 0.29) is 18.7 Å². The highest BCUT2D eigenvalue weighted by molar-refractivity contribution is 5.85. The van der Waals surface area contributed by atoms with E-state index in [4.69, 9.17) is 9.72 Å². The smallest absolute Gasteiger partial charge is 0.410 e. The number of fused-ring (bicyclic) bond motifs is 2. The third kappa shape index (κ3) is 4.92. The van der Waals surface area contributed by atoms with Crippen LogP contribution in [-0.4, -0.2) is 67.3 Å². The summed E-state index contributed by atoms with van der Waals surface area (Å²) in [5, 5.41) is 9.72. The van der Waals surface area contributed by atoms with E-state index in [1.54, 1.807) is 11.1 Å². The number of benzene rings is 1. The van der Waals surface area contributed by atoms with Crippen LogP contribution in [0.2, 0.25) is 0 Å². The highest BCUT2D eigenvalue weighted by atomic mass is 16.6. The van der Waals surface area contributed by atoms with Crippen molar-refractivity contribution in [2.24, 2.45) is 0 Å². The van der Waals surface area contributed by atoms with Gasteiger partial charge in [-0.25, -0.2) is 9.78 Å². The van der Waals surface area contributed by atoms with Gasteiger partial charge in [0.15, 0.2) is 0 Å². The number of ether oxygens (including phenoxy) is 1. The van der Waals surface area contributed by atoms with Crippen molar-refractivity contribution in [1.29, 1.82) is 0 Å².